The van der Waals surface area contributed by atoms with E-state index in [1.165, 1.54) is 0 Å². The molecule has 2 amide bonds. The average Bonchev–Trinajstić information content (AvgIpc) is 3.20. The molecular formula is C21H21N5O2. The van der Waals surface area contributed by atoms with Gasteiger partial charge < -0.3 is 15.0 Å². The van der Waals surface area contributed by atoms with Crippen molar-refractivity contribution < 1.29 is 9.53 Å². The number of carbonyl (C=O) groups excluding carboxylic acids is 1. The lowest BCUT2D eigenvalue weighted by atomic mass is 10.2. The van der Waals surface area contributed by atoms with Crippen LogP contribution < -0.4 is 10.1 Å². The lowest BCUT2D eigenvalue weighted by Gasteiger charge is -2.19. The summed E-state index contributed by atoms with van der Waals surface area (Å²) in [5.41, 5.74) is 1.81. The fourth-order valence-electron chi connectivity index (χ4n) is 2.70. The summed E-state index contributed by atoms with van der Waals surface area (Å²) in [5, 5.41) is 10.9. The maximum Gasteiger partial charge on any atom is 0.317 e. The predicted octanol–water partition coefficient (Wildman–Crippen LogP) is 2.62. The first-order chi connectivity index (χ1) is 13.7. The first-order valence-corrected chi connectivity index (χ1v) is 8.76. The molecule has 0 saturated heterocycles. The van der Waals surface area contributed by atoms with E-state index in [1.54, 1.807) is 18.3 Å². The Kier molecular flexibility index (Phi) is 6.26. The SMILES string of the molecule is C#CCOc1ccccc1CN(C)C(=O)NCc1nncn1-c1ccccc1. The van der Waals surface area contributed by atoms with Gasteiger partial charge in [0.2, 0.25) is 0 Å². The number of hydrogen-bond acceptors (Lipinski definition) is 4. The first-order valence-electron chi connectivity index (χ1n) is 8.76. The maximum atomic E-state index is 12.5. The van der Waals surface area contributed by atoms with Gasteiger partial charge in [0, 0.05) is 18.3 Å². The summed E-state index contributed by atoms with van der Waals surface area (Å²) in [4.78, 5) is 14.1. The maximum absolute atomic E-state index is 12.5. The second kappa shape index (κ2) is 9.24. The minimum absolute atomic E-state index is 0.183. The van der Waals surface area contributed by atoms with Crippen molar-refractivity contribution in [3.8, 4) is 23.8 Å². The van der Waals surface area contributed by atoms with Crippen LogP contribution in [0.3, 0.4) is 0 Å². The Bertz CT molecular complexity index is 962. The molecule has 0 atom stereocenters. The van der Waals surface area contributed by atoms with Gasteiger partial charge in [-0.05, 0) is 18.2 Å². The highest BCUT2D eigenvalue weighted by Gasteiger charge is 2.13. The molecule has 0 aliphatic heterocycles. The molecular weight excluding hydrogens is 354 g/mol. The summed E-state index contributed by atoms with van der Waals surface area (Å²) in [7, 11) is 1.72. The Morgan fingerprint density at radius 3 is 2.75 bits per heavy atom. The van der Waals surface area contributed by atoms with Crippen LogP contribution in [0.2, 0.25) is 0 Å². The van der Waals surface area contributed by atoms with Gasteiger partial charge in [0.1, 0.15) is 18.7 Å². The Labute approximate surface area is 164 Å². The summed E-state index contributed by atoms with van der Waals surface area (Å²) in [6.45, 7) is 0.827. The minimum atomic E-state index is -0.227. The summed E-state index contributed by atoms with van der Waals surface area (Å²) < 4.78 is 7.37. The number of nitrogens with zero attached hydrogens (tertiary/aromatic N) is 4. The van der Waals surface area contributed by atoms with Gasteiger partial charge in [-0.15, -0.1) is 16.6 Å². The predicted molar refractivity (Wildman–Crippen MR) is 106 cm³/mol. The summed E-state index contributed by atoms with van der Waals surface area (Å²) in [6, 6.07) is 17.0. The number of para-hydroxylation sites is 2. The standard InChI is InChI=1S/C21H21N5O2/c1-3-13-28-19-12-8-7-9-17(19)15-25(2)21(27)22-14-20-24-23-16-26(20)18-10-5-4-6-11-18/h1,4-12,16H,13-15H2,2H3,(H,22,27). The fraction of sp³-hybridized carbons (Fsp3) is 0.190. The van der Waals surface area contributed by atoms with Gasteiger partial charge in [0.15, 0.2) is 5.82 Å². The number of benzene rings is 2. The third-order valence-corrected chi connectivity index (χ3v) is 4.09. The average molecular weight is 375 g/mol. The van der Waals surface area contributed by atoms with E-state index < -0.39 is 0 Å². The fourth-order valence-corrected chi connectivity index (χ4v) is 2.70. The largest absolute Gasteiger partial charge is 0.481 e. The zero-order valence-electron chi connectivity index (χ0n) is 15.6. The number of aromatic nitrogens is 3. The van der Waals surface area contributed by atoms with Crippen molar-refractivity contribution in [3.05, 3.63) is 72.3 Å². The number of ether oxygens (including phenoxy) is 1. The lowest BCUT2D eigenvalue weighted by Crippen LogP contribution is -2.37. The van der Waals surface area contributed by atoms with Gasteiger partial charge in [0.05, 0.1) is 13.1 Å². The van der Waals surface area contributed by atoms with Crippen molar-refractivity contribution >= 4 is 6.03 Å². The van der Waals surface area contributed by atoms with Gasteiger partial charge in [-0.25, -0.2) is 4.79 Å². The lowest BCUT2D eigenvalue weighted by molar-refractivity contribution is 0.205. The molecule has 142 valence electrons. The highest BCUT2D eigenvalue weighted by Crippen LogP contribution is 2.19. The number of amides is 2. The third kappa shape index (κ3) is 4.68. The Balaban J connectivity index is 1.61. The molecule has 0 aliphatic rings. The molecule has 3 aromatic rings. The quantitative estimate of drug-likeness (QED) is 0.645. The van der Waals surface area contributed by atoms with Crippen LogP contribution >= 0.6 is 0 Å². The van der Waals surface area contributed by atoms with Crippen LogP contribution in [0, 0.1) is 12.3 Å². The van der Waals surface area contributed by atoms with Gasteiger partial charge in [-0.3, -0.25) is 4.57 Å². The second-order valence-corrected chi connectivity index (χ2v) is 6.07. The van der Waals surface area contributed by atoms with Gasteiger partial charge in [0.25, 0.3) is 0 Å². The molecule has 0 saturated carbocycles. The van der Waals surface area contributed by atoms with E-state index in [0.717, 1.165) is 11.3 Å². The van der Waals surface area contributed by atoms with Crippen molar-refractivity contribution in [2.75, 3.05) is 13.7 Å². The van der Waals surface area contributed by atoms with E-state index in [0.29, 0.717) is 18.1 Å². The molecule has 0 unspecified atom stereocenters. The van der Waals surface area contributed by atoms with E-state index in [4.69, 9.17) is 11.2 Å². The molecule has 1 aromatic heterocycles. The Hall–Kier alpha value is -3.79. The smallest absolute Gasteiger partial charge is 0.317 e. The van der Waals surface area contributed by atoms with Crippen LogP contribution in [0.25, 0.3) is 5.69 Å². The highest BCUT2D eigenvalue weighted by atomic mass is 16.5. The van der Waals surface area contributed by atoms with Crippen LogP contribution in [0.15, 0.2) is 60.9 Å². The van der Waals surface area contributed by atoms with Crippen LogP contribution in [-0.2, 0) is 13.1 Å². The molecule has 7 nitrogen and oxygen atoms in total. The van der Waals surface area contributed by atoms with Gasteiger partial charge in [-0.1, -0.05) is 42.3 Å². The van der Waals surface area contributed by atoms with Crippen molar-refractivity contribution in [2.24, 2.45) is 0 Å². The van der Waals surface area contributed by atoms with E-state index in [9.17, 15) is 4.79 Å². The van der Waals surface area contributed by atoms with E-state index in [-0.39, 0.29) is 19.2 Å². The van der Waals surface area contributed by atoms with Crippen molar-refractivity contribution in [1.82, 2.24) is 25.0 Å². The monoisotopic (exact) mass is 375 g/mol. The van der Waals surface area contributed by atoms with Crippen molar-refractivity contribution in [3.63, 3.8) is 0 Å². The topological polar surface area (TPSA) is 72.3 Å². The van der Waals surface area contributed by atoms with Crippen LogP contribution in [-0.4, -0.2) is 39.4 Å². The molecule has 3 rings (SSSR count). The molecule has 0 radical (unpaired) electrons. The zero-order valence-corrected chi connectivity index (χ0v) is 15.6. The number of urea groups is 1. The minimum Gasteiger partial charge on any atom is -0.481 e. The number of rotatable bonds is 7. The molecule has 1 N–H and O–H groups in total. The van der Waals surface area contributed by atoms with Crippen LogP contribution in [0.4, 0.5) is 4.79 Å². The highest BCUT2D eigenvalue weighted by molar-refractivity contribution is 5.73. The molecule has 2 aromatic carbocycles. The molecule has 0 spiro atoms. The molecule has 7 heteroatoms. The molecule has 1 heterocycles. The summed E-state index contributed by atoms with van der Waals surface area (Å²) in [5.74, 6) is 3.76. The number of hydrogen-bond donors (Lipinski definition) is 1. The normalized spacial score (nSPS) is 10.1. The molecule has 28 heavy (non-hydrogen) atoms. The number of terminal acetylenes is 1. The summed E-state index contributed by atoms with van der Waals surface area (Å²) in [6.07, 6.45) is 6.88. The van der Waals surface area contributed by atoms with Crippen LogP contribution in [0.5, 0.6) is 5.75 Å². The second-order valence-electron chi connectivity index (χ2n) is 6.07. The van der Waals surface area contributed by atoms with Crippen molar-refractivity contribution in [1.29, 1.82) is 0 Å². The molecule has 0 fully saturated rings. The Morgan fingerprint density at radius 2 is 1.96 bits per heavy atom. The van der Waals surface area contributed by atoms with E-state index >= 15 is 0 Å². The molecule has 0 aliphatic carbocycles. The summed E-state index contributed by atoms with van der Waals surface area (Å²) >= 11 is 0. The zero-order chi connectivity index (χ0) is 19.8. The van der Waals surface area contributed by atoms with E-state index in [1.807, 2.05) is 59.2 Å². The van der Waals surface area contributed by atoms with Crippen molar-refractivity contribution in [2.45, 2.75) is 13.1 Å². The first kappa shape index (κ1) is 19.0. The number of nitrogens with one attached hydrogen (secondary N) is 1. The van der Waals surface area contributed by atoms with Crippen LogP contribution in [0.1, 0.15) is 11.4 Å². The third-order valence-electron chi connectivity index (χ3n) is 4.09. The van der Waals surface area contributed by atoms with E-state index in [2.05, 4.69) is 21.4 Å². The van der Waals surface area contributed by atoms with Gasteiger partial charge >= 0.3 is 6.03 Å². The Morgan fingerprint density at radius 1 is 1.21 bits per heavy atom. The molecule has 0 bridgehead atoms. The number of carbonyl (C=O) groups is 1. The van der Waals surface area contributed by atoms with Gasteiger partial charge in [-0.2, -0.15) is 0 Å².